The topological polar surface area (TPSA) is 86.4 Å². The van der Waals surface area contributed by atoms with Crippen molar-refractivity contribution in [2.45, 2.75) is 19.8 Å². The first-order valence-corrected chi connectivity index (χ1v) is 7.85. The van der Waals surface area contributed by atoms with Crippen LogP contribution in [-0.4, -0.2) is 45.9 Å². The van der Waals surface area contributed by atoms with Gasteiger partial charge in [0.05, 0.1) is 28.7 Å². The highest BCUT2D eigenvalue weighted by molar-refractivity contribution is 6.22. The van der Waals surface area contributed by atoms with Gasteiger partial charge in [0, 0.05) is 6.54 Å². The summed E-state index contributed by atoms with van der Waals surface area (Å²) < 4.78 is 0. The van der Waals surface area contributed by atoms with Gasteiger partial charge in [-0.2, -0.15) is 5.10 Å². The number of fused-ring (bicyclic) bond motifs is 2. The molecule has 1 aromatic carbocycles. The van der Waals surface area contributed by atoms with Crippen molar-refractivity contribution in [3.05, 3.63) is 46.8 Å². The molecule has 2 aliphatic rings. The monoisotopic (exact) mass is 324 g/mol. The minimum Gasteiger partial charge on any atom is -0.308 e. The predicted molar refractivity (Wildman–Crippen MR) is 85.8 cm³/mol. The molecule has 0 saturated heterocycles. The standard InChI is InChI=1S/C17H16N4O3/c1-10-4-5-11-12(7-10)17(24)21(16(11)23)9-15(22)20-6-2-3-13-14(20)8-18-19-13/h4-5,7-8H,2-3,6,9H2,1H3,(H,18,19). The van der Waals surface area contributed by atoms with Crippen molar-refractivity contribution < 1.29 is 14.4 Å². The summed E-state index contributed by atoms with van der Waals surface area (Å²) in [6.07, 6.45) is 3.27. The highest BCUT2D eigenvalue weighted by Crippen LogP contribution is 2.27. The van der Waals surface area contributed by atoms with E-state index in [0.717, 1.165) is 34.7 Å². The maximum Gasteiger partial charge on any atom is 0.262 e. The molecule has 0 radical (unpaired) electrons. The van der Waals surface area contributed by atoms with Crippen LogP contribution in [0, 0.1) is 6.92 Å². The second kappa shape index (κ2) is 5.30. The summed E-state index contributed by atoms with van der Waals surface area (Å²) in [5.41, 5.74) is 3.28. The van der Waals surface area contributed by atoms with Gasteiger partial charge in [-0.25, -0.2) is 0 Å². The number of aromatic nitrogens is 2. The molecule has 24 heavy (non-hydrogen) atoms. The van der Waals surface area contributed by atoms with Gasteiger partial charge in [-0.05, 0) is 31.9 Å². The number of carbonyl (C=O) groups is 3. The number of anilines is 1. The molecule has 122 valence electrons. The summed E-state index contributed by atoms with van der Waals surface area (Å²) in [6.45, 7) is 2.17. The van der Waals surface area contributed by atoms with E-state index in [-0.39, 0.29) is 12.5 Å². The number of amides is 3. The third-order valence-electron chi connectivity index (χ3n) is 4.52. The number of imide groups is 1. The molecule has 1 N–H and O–H groups in total. The van der Waals surface area contributed by atoms with E-state index < -0.39 is 11.8 Å². The van der Waals surface area contributed by atoms with Gasteiger partial charge in [-0.1, -0.05) is 11.6 Å². The molecule has 3 heterocycles. The maximum atomic E-state index is 12.7. The number of hydrogen-bond acceptors (Lipinski definition) is 4. The number of hydrogen-bond donors (Lipinski definition) is 1. The smallest absolute Gasteiger partial charge is 0.262 e. The molecule has 0 spiro atoms. The molecule has 0 fully saturated rings. The van der Waals surface area contributed by atoms with Gasteiger partial charge >= 0.3 is 0 Å². The van der Waals surface area contributed by atoms with Gasteiger partial charge in [0.25, 0.3) is 11.8 Å². The first-order valence-electron chi connectivity index (χ1n) is 7.85. The fourth-order valence-corrected chi connectivity index (χ4v) is 3.29. The van der Waals surface area contributed by atoms with E-state index in [1.54, 1.807) is 29.3 Å². The zero-order valence-corrected chi connectivity index (χ0v) is 13.2. The Labute approximate surface area is 138 Å². The summed E-state index contributed by atoms with van der Waals surface area (Å²) in [5.74, 6) is -1.09. The largest absolute Gasteiger partial charge is 0.308 e. The lowest BCUT2D eigenvalue weighted by molar-refractivity contribution is -0.119. The van der Waals surface area contributed by atoms with Gasteiger partial charge in [0.15, 0.2) is 0 Å². The van der Waals surface area contributed by atoms with Crippen LogP contribution in [0.15, 0.2) is 24.4 Å². The summed E-state index contributed by atoms with van der Waals surface area (Å²) in [7, 11) is 0. The van der Waals surface area contributed by atoms with Crippen molar-refractivity contribution >= 4 is 23.4 Å². The van der Waals surface area contributed by atoms with E-state index in [4.69, 9.17) is 0 Å². The number of aryl methyl sites for hydroxylation is 2. The average molecular weight is 324 g/mol. The number of nitrogens with one attached hydrogen (secondary N) is 1. The molecule has 7 heteroatoms. The van der Waals surface area contributed by atoms with Gasteiger partial charge in [-0.15, -0.1) is 0 Å². The quantitative estimate of drug-likeness (QED) is 0.844. The fraction of sp³-hybridized carbons (Fsp3) is 0.294. The minimum absolute atomic E-state index is 0.254. The van der Waals surface area contributed by atoms with Crippen molar-refractivity contribution in [3.8, 4) is 0 Å². The van der Waals surface area contributed by atoms with E-state index in [2.05, 4.69) is 10.2 Å². The summed E-state index contributed by atoms with van der Waals surface area (Å²) in [6, 6.07) is 5.12. The summed E-state index contributed by atoms with van der Waals surface area (Å²) >= 11 is 0. The van der Waals surface area contributed by atoms with Crippen LogP contribution in [0.5, 0.6) is 0 Å². The van der Waals surface area contributed by atoms with Crippen LogP contribution >= 0.6 is 0 Å². The van der Waals surface area contributed by atoms with Crippen molar-refractivity contribution in [1.29, 1.82) is 0 Å². The van der Waals surface area contributed by atoms with Crippen molar-refractivity contribution in [2.24, 2.45) is 0 Å². The highest BCUT2D eigenvalue weighted by Gasteiger charge is 2.38. The molecule has 0 atom stereocenters. The molecule has 7 nitrogen and oxygen atoms in total. The van der Waals surface area contributed by atoms with Crippen LogP contribution in [0.1, 0.15) is 38.4 Å². The van der Waals surface area contributed by atoms with E-state index in [0.29, 0.717) is 17.7 Å². The number of benzene rings is 1. The highest BCUT2D eigenvalue weighted by atomic mass is 16.2. The van der Waals surface area contributed by atoms with Crippen LogP contribution in [0.3, 0.4) is 0 Å². The Bertz CT molecular complexity index is 870. The predicted octanol–water partition coefficient (Wildman–Crippen LogP) is 1.29. The van der Waals surface area contributed by atoms with Gasteiger partial charge < -0.3 is 4.90 Å². The van der Waals surface area contributed by atoms with Crippen LogP contribution in [0.2, 0.25) is 0 Å². The van der Waals surface area contributed by atoms with Crippen LogP contribution in [-0.2, 0) is 11.2 Å². The maximum absolute atomic E-state index is 12.7. The zero-order valence-electron chi connectivity index (χ0n) is 13.2. The Balaban J connectivity index is 1.58. The van der Waals surface area contributed by atoms with Crippen molar-refractivity contribution in [3.63, 3.8) is 0 Å². The van der Waals surface area contributed by atoms with Crippen LogP contribution in [0.4, 0.5) is 5.69 Å². The van der Waals surface area contributed by atoms with Gasteiger partial charge in [-0.3, -0.25) is 24.4 Å². The third kappa shape index (κ3) is 2.12. The van der Waals surface area contributed by atoms with Crippen LogP contribution in [0.25, 0.3) is 0 Å². The third-order valence-corrected chi connectivity index (χ3v) is 4.52. The van der Waals surface area contributed by atoms with Gasteiger partial charge in [0.2, 0.25) is 5.91 Å². The minimum atomic E-state index is -0.409. The number of H-pyrrole nitrogens is 1. The van der Waals surface area contributed by atoms with E-state index in [1.807, 2.05) is 6.92 Å². The average Bonchev–Trinajstić information content (AvgIpc) is 3.14. The number of rotatable bonds is 2. The van der Waals surface area contributed by atoms with Crippen molar-refractivity contribution in [1.82, 2.24) is 15.1 Å². The second-order valence-corrected chi connectivity index (χ2v) is 6.13. The summed E-state index contributed by atoms with van der Waals surface area (Å²) in [4.78, 5) is 40.2. The SMILES string of the molecule is Cc1ccc2c(c1)C(=O)N(CC(=O)N1CCCc3[nH]ncc31)C2=O. The second-order valence-electron chi connectivity index (χ2n) is 6.13. The molecule has 2 aromatic rings. The first kappa shape index (κ1) is 14.6. The zero-order chi connectivity index (χ0) is 16.8. The van der Waals surface area contributed by atoms with E-state index in [1.165, 1.54) is 0 Å². The van der Waals surface area contributed by atoms with Crippen molar-refractivity contribution in [2.75, 3.05) is 18.0 Å². The normalized spacial score (nSPS) is 16.4. The fourth-order valence-electron chi connectivity index (χ4n) is 3.29. The molecule has 4 rings (SSSR count). The lowest BCUT2D eigenvalue weighted by Crippen LogP contribution is -2.44. The van der Waals surface area contributed by atoms with E-state index >= 15 is 0 Å². The molecule has 0 saturated carbocycles. The molecule has 1 aromatic heterocycles. The first-order chi connectivity index (χ1) is 11.6. The Hall–Kier alpha value is -2.96. The Kier molecular flexibility index (Phi) is 3.23. The number of aromatic amines is 1. The molecular formula is C17H16N4O3. The lowest BCUT2D eigenvalue weighted by atomic mass is 10.1. The van der Waals surface area contributed by atoms with Gasteiger partial charge in [0.1, 0.15) is 6.54 Å². The lowest BCUT2D eigenvalue weighted by Gasteiger charge is -2.27. The van der Waals surface area contributed by atoms with Crippen LogP contribution < -0.4 is 4.90 Å². The van der Waals surface area contributed by atoms with E-state index in [9.17, 15) is 14.4 Å². The molecular weight excluding hydrogens is 308 g/mol. The Morgan fingerprint density at radius 1 is 1.25 bits per heavy atom. The Morgan fingerprint density at radius 3 is 2.88 bits per heavy atom. The molecule has 0 bridgehead atoms. The molecule has 0 unspecified atom stereocenters. The number of nitrogens with zero attached hydrogens (tertiary/aromatic N) is 3. The molecule has 3 amide bonds. The molecule has 0 aliphatic carbocycles. The molecule has 2 aliphatic heterocycles. The summed E-state index contributed by atoms with van der Waals surface area (Å²) in [5, 5.41) is 6.86. The Morgan fingerprint density at radius 2 is 2.04 bits per heavy atom. The number of carbonyl (C=O) groups excluding carboxylic acids is 3.